The van der Waals surface area contributed by atoms with Gasteiger partial charge in [0, 0.05) is 38.5 Å². The molecule has 8 heteroatoms. The molecule has 1 aliphatic heterocycles. The number of likely N-dealkylation sites (tertiary alicyclic amines) is 1. The lowest BCUT2D eigenvalue weighted by Gasteiger charge is -2.45. The first-order valence-electron chi connectivity index (χ1n) is 18.3. The van der Waals surface area contributed by atoms with Crippen LogP contribution in [0, 0.1) is 5.92 Å². The normalized spacial score (nSPS) is 18.0. The molecule has 4 aromatic rings. The molecule has 1 amide bonds. The molecule has 0 saturated carbocycles. The van der Waals surface area contributed by atoms with Gasteiger partial charge < -0.3 is 33.6 Å². The van der Waals surface area contributed by atoms with Crippen molar-refractivity contribution in [3.8, 4) is 5.75 Å². The number of piperidine rings is 1. The Morgan fingerprint density at radius 3 is 2.24 bits per heavy atom. The molecule has 3 unspecified atom stereocenters. The van der Waals surface area contributed by atoms with Gasteiger partial charge in [-0.2, -0.15) is 0 Å². The predicted octanol–water partition coefficient (Wildman–Crippen LogP) is 7.85. The summed E-state index contributed by atoms with van der Waals surface area (Å²) in [5, 5.41) is 2.39. The van der Waals surface area contributed by atoms with Crippen LogP contribution >= 0.6 is 0 Å². The Kier molecular flexibility index (Phi) is 13.9. The lowest BCUT2D eigenvalue weighted by Crippen LogP contribution is -2.54. The van der Waals surface area contributed by atoms with Crippen LogP contribution in [0.15, 0.2) is 97.1 Å². The highest BCUT2D eigenvalue weighted by molar-refractivity contribution is 5.82. The Labute approximate surface area is 305 Å². The lowest BCUT2D eigenvalue weighted by molar-refractivity contribution is -0.0563. The van der Waals surface area contributed by atoms with Gasteiger partial charge >= 0.3 is 6.09 Å². The van der Waals surface area contributed by atoms with E-state index in [1.165, 1.54) is 21.9 Å². The van der Waals surface area contributed by atoms with E-state index < -0.39 is 5.60 Å². The molecule has 0 spiro atoms. The van der Waals surface area contributed by atoms with Crippen LogP contribution in [0.25, 0.3) is 10.8 Å². The number of ether oxygens (including phenoxy) is 4. The van der Waals surface area contributed by atoms with E-state index >= 15 is 0 Å². The van der Waals surface area contributed by atoms with Crippen LogP contribution < -0.4 is 4.74 Å². The SMILES string of the molecule is CN(C)CCN(C)CC1CN(C(=O)OC(C)(C)C)CC(OCc2ccc3ccccc3c2)C1c1ccc(OCCCOCc2ccccc2)cc1. The maximum Gasteiger partial charge on any atom is 0.410 e. The fourth-order valence-corrected chi connectivity index (χ4v) is 6.69. The number of likely N-dealkylation sites (N-methyl/N-ethyl adjacent to an activating group) is 2. The van der Waals surface area contributed by atoms with Crippen LogP contribution in [0.5, 0.6) is 5.75 Å². The van der Waals surface area contributed by atoms with Crippen LogP contribution in [0.2, 0.25) is 0 Å². The molecule has 1 fully saturated rings. The molecule has 274 valence electrons. The summed E-state index contributed by atoms with van der Waals surface area (Å²) in [6, 6.07) is 33.6. The lowest BCUT2D eigenvalue weighted by atomic mass is 9.78. The van der Waals surface area contributed by atoms with Crippen molar-refractivity contribution >= 4 is 16.9 Å². The third kappa shape index (κ3) is 12.1. The number of fused-ring (bicyclic) bond motifs is 1. The van der Waals surface area contributed by atoms with Crippen LogP contribution in [0.1, 0.15) is 49.8 Å². The first-order chi connectivity index (χ1) is 24.5. The average molecular weight is 696 g/mol. The fraction of sp³-hybridized carbons (Fsp3) is 0.465. The number of rotatable bonds is 16. The van der Waals surface area contributed by atoms with Gasteiger partial charge in [0.25, 0.3) is 0 Å². The summed E-state index contributed by atoms with van der Waals surface area (Å²) in [4.78, 5) is 20.0. The standard InChI is InChI=1S/C43H57N3O5/c1-43(2,3)51-42(47)46-29-38(28-45(6)24-23-44(4)5)41(40(30-46)50-32-34-17-18-35-15-10-11-16-37(35)27-34)36-19-21-39(22-20-36)49-26-12-25-48-31-33-13-8-7-9-14-33/h7-11,13-22,27,38,40-41H,12,23-26,28-32H2,1-6H3. The van der Waals surface area contributed by atoms with Crippen molar-refractivity contribution in [3.05, 3.63) is 114 Å². The minimum atomic E-state index is -0.586. The molecule has 0 aliphatic carbocycles. The maximum atomic E-state index is 13.6. The number of hydrogen-bond donors (Lipinski definition) is 0. The summed E-state index contributed by atoms with van der Waals surface area (Å²) in [5.74, 6) is 1.02. The first-order valence-corrected chi connectivity index (χ1v) is 18.3. The van der Waals surface area contributed by atoms with Gasteiger partial charge in [-0.3, -0.25) is 0 Å². The molecule has 8 nitrogen and oxygen atoms in total. The molecule has 4 aromatic carbocycles. The minimum absolute atomic E-state index is 0.0615. The Morgan fingerprint density at radius 1 is 0.784 bits per heavy atom. The van der Waals surface area contributed by atoms with Crippen LogP contribution in [0.3, 0.4) is 0 Å². The number of carbonyl (C=O) groups excluding carboxylic acids is 1. The molecule has 0 aromatic heterocycles. The van der Waals surface area contributed by atoms with E-state index in [4.69, 9.17) is 18.9 Å². The van der Waals surface area contributed by atoms with Crippen LogP contribution in [-0.4, -0.2) is 99.6 Å². The van der Waals surface area contributed by atoms with Crippen molar-refractivity contribution < 1.29 is 23.7 Å². The Morgan fingerprint density at radius 2 is 1.51 bits per heavy atom. The molecule has 0 bridgehead atoms. The van der Waals surface area contributed by atoms with Crippen molar-refractivity contribution in [3.63, 3.8) is 0 Å². The number of carbonyl (C=O) groups is 1. The molecule has 0 radical (unpaired) electrons. The number of nitrogens with zero attached hydrogens (tertiary/aromatic N) is 3. The quantitative estimate of drug-likeness (QED) is 0.111. The Balaban J connectivity index is 1.32. The van der Waals surface area contributed by atoms with Gasteiger partial charge in [0.2, 0.25) is 0 Å². The van der Waals surface area contributed by atoms with E-state index in [1.807, 2.05) is 43.9 Å². The van der Waals surface area contributed by atoms with E-state index in [0.29, 0.717) is 39.5 Å². The molecule has 1 saturated heterocycles. The van der Waals surface area contributed by atoms with E-state index in [9.17, 15) is 4.79 Å². The monoisotopic (exact) mass is 695 g/mol. The second-order valence-corrected chi connectivity index (χ2v) is 15.1. The summed E-state index contributed by atoms with van der Waals surface area (Å²) in [6.07, 6.45) is 0.278. The summed E-state index contributed by atoms with van der Waals surface area (Å²) in [7, 11) is 6.36. The summed E-state index contributed by atoms with van der Waals surface area (Å²) >= 11 is 0. The second-order valence-electron chi connectivity index (χ2n) is 15.1. The topological polar surface area (TPSA) is 63.7 Å². The maximum absolute atomic E-state index is 13.6. The van der Waals surface area contributed by atoms with Crippen molar-refractivity contribution in [1.82, 2.24) is 14.7 Å². The van der Waals surface area contributed by atoms with E-state index in [-0.39, 0.29) is 24.0 Å². The fourth-order valence-electron chi connectivity index (χ4n) is 6.69. The highest BCUT2D eigenvalue weighted by Crippen LogP contribution is 2.37. The van der Waals surface area contributed by atoms with Gasteiger partial charge in [-0.1, -0.05) is 78.9 Å². The van der Waals surface area contributed by atoms with E-state index in [1.54, 1.807) is 0 Å². The zero-order chi connectivity index (χ0) is 36.2. The number of benzene rings is 4. The van der Waals surface area contributed by atoms with Gasteiger partial charge in [-0.15, -0.1) is 0 Å². The summed E-state index contributed by atoms with van der Waals surface area (Å²) in [5.41, 5.74) is 2.88. The van der Waals surface area contributed by atoms with Crippen molar-refractivity contribution in [2.45, 2.75) is 58.0 Å². The second kappa shape index (κ2) is 18.5. The molecule has 5 rings (SSSR count). The van der Waals surface area contributed by atoms with Crippen molar-refractivity contribution in [1.29, 1.82) is 0 Å². The minimum Gasteiger partial charge on any atom is -0.494 e. The third-order valence-electron chi connectivity index (χ3n) is 9.25. The smallest absolute Gasteiger partial charge is 0.410 e. The summed E-state index contributed by atoms with van der Waals surface area (Å²) in [6.45, 7) is 11.8. The van der Waals surface area contributed by atoms with Crippen LogP contribution in [-0.2, 0) is 27.4 Å². The van der Waals surface area contributed by atoms with Crippen molar-refractivity contribution in [2.75, 3.05) is 67.1 Å². The number of amides is 1. The first kappa shape index (κ1) is 38.3. The van der Waals surface area contributed by atoms with Gasteiger partial charge in [0.1, 0.15) is 11.4 Å². The number of hydrogen-bond acceptors (Lipinski definition) is 7. The predicted molar refractivity (Wildman–Crippen MR) is 205 cm³/mol. The van der Waals surface area contributed by atoms with E-state index in [0.717, 1.165) is 37.4 Å². The Hall–Kier alpha value is -3.95. The van der Waals surface area contributed by atoms with Gasteiger partial charge in [-0.05, 0) is 93.5 Å². The average Bonchev–Trinajstić information content (AvgIpc) is 3.11. The van der Waals surface area contributed by atoms with Gasteiger partial charge in [0.15, 0.2) is 0 Å². The molecule has 3 atom stereocenters. The highest BCUT2D eigenvalue weighted by atomic mass is 16.6. The van der Waals surface area contributed by atoms with Crippen molar-refractivity contribution in [2.24, 2.45) is 5.92 Å². The Bertz CT molecular complexity index is 1640. The van der Waals surface area contributed by atoms with Gasteiger partial charge in [-0.25, -0.2) is 4.79 Å². The zero-order valence-electron chi connectivity index (χ0n) is 31.4. The van der Waals surface area contributed by atoms with Crippen LogP contribution in [0.4, 0.5) is 4.79 Å². The summed E-state index contributed by atoms with van der Waals surface area (Å²) < 4.78 is 24.7. The molecule has 1 aliphatic rings. The highest BCUT2D eigenvalue weighted by Gasteiger charge is 2.41. The zero-order valence-corrected chi connectivity index (χ0v) is 31.4. The molecular weight excluding hydrogens is 638 g/mol. The molecule has 51 heavy (non-hydrogen) atoms. The third-order valence-corrected chi connectivity index (χ3v) is 9.25. The van der Waals surface area contributed by atoms with E-state index in [2.05, 4.69) is 110 Å². The molecule has 0 N–H and O–H groups in total. The molecule has 1 heterocycles. The largest absolute Gasteiger partial charge is 0.494 e. The molecular formula is C43H57N3O5. The van der Waals surface area contributed by atoms with Gasteiger partial charge in [0.05, 0.1) is 39.1 Å².